The van der Waals surface area contributed by atoms with Crippen molar-refractivity contribution in [2.75, 3.05) is 6.54 Å². The highest BCUT2D eigenvalue weighted by molar-refractivity contribution is 5.77. The third kappa shape index (κ3) is 3.23. The lowest BCUT2D eigenvalue weighted by atomic mass is 10.7. The summed E-state index contributed by atoms with van der Waals surface area (Å²) in [4.78, 5) is 3.73. The largest absolute Gasteiger partial charge is 0.284 e. The summed E-state index contributed by atoms with van der Waals surface area (Å²) in [5.41, 5.74) is 0. The first-order valence-electron chi connectivity index (χ1n) is 1.86. The molecule has 0 saturated carbocycles. The van der Waals surface area contributed by atoms with E-state index in [9.17, 15) is 0 Å². The zero-order valence-electron chi connectivity index (χ0n) is 3.81. The molecular formula is C5H7N. The standard InChI is InChI=1S/C5H7N/c1-3-5-6-4-2/h1,5H,4H2,2H3. The number of hydrogen-bond donors (Lipinski definition) is 0. The van der Waals surface area contributed by atoms with E-state index in [1.165, 1.54) is 6.21 Å². The molecule has 6 heavy (non-hydrogen) atoms. The van der Waals surface area contributed by atoms with Crippen molar-refractivity contribution in [1.82, 2.24) is 0 Å². The molecule has 0 aliphatic carbocycles. The highest BCUT2D eigenvalue weighted by Gasteiger charge is 1.54. The van der Waals surface area contributed by atoms with Crippen LogP contribution in [0.5, 0.6) is 0 Å². The van der Waals surface area contributed by atoms with Crippen molar-refractivity contribution in [1.29, 1.82) is 0 Å². The zero-order valence-corrected chi connectivity index (χ0v) is 3.81. The van der Waals surface area contributed by atoms with Crippen molar-refractivity contribution in [2.24, 2.45) is 4.99 Å². The maximum absolute atomic E-state index is 4.82. The van der Waals surface area contributed by atoms with E-state index in [4.69, 9.17) is 6.42 Å². The van der Waals surface area contributed by atoms with E-state index >= 15 is 0 Å². The topological polar surface area (TPSA) is 12.4 Å². The third-order valence-electron chi connectivity index (χ3n) is 0.348. The fourth-order valence-corrected chi connectivity index (χ4v) is 0.144. The molecule has 0 aromatic heterocycles. The van der Waals surface area contributed by atoms with Crippen LogP contribution in [0.15, 0.2) is 4.99 Å². The molecule has 0 aliphatic rings. The van der Waals surface area contributed by atoms with E-state index in [1.54, 1.807) is 0 Å². The van der Waals surface area contributed by atoms with Crippen molar-refractivity contribution in [3.05, 3.63) is 0 Å². The number of hydrogen-bond acceptors (Lipinski definition) is 1. The molecule has 0 heterocycles. The Balaban J connectivity index is 3.02. The van der Waals surface area contributed by atoms with Crippen molar-refractivity contribution in [3.63, 3.8) is 0 Å². The molecule has 0 bridgehead atoms. The van der Waals surface area contributed by atoms with E-state index < -0.39 is 0 Å². The van der Waals surface area contributed by atoms with Crippen molar-refractivity contribution in [3.8, 4) is 12.3 Å². The Bertz CT molecular complexity index is 76.4. The van der Waals surface area contributed by atoms with Gasteiger partial charge in [0.15, 0.2) is 0 Å². The Hall–Kier alpha value is -0.770. The van der Waals surface area contributed by atoms with Crippen LogP contribution in [0.4, 0.5) is 0 Å². The molecule has 0 fully saturated rings. The highest BCUT2D eigenvalue weighted by atomic mass is 14.7. The number of rotatable bonds is 1. The minimum Gasteiger partial charge on any atom is -0.284 e. The lowest BCUT2D eigenvalue weighted by molar-refractivity contribution is 1.14. The second kappa shape index (κ2) is 4.23. The minimum atomic E-state index is 0.782. The zero-order chi connectivity index (χ0) is 4.83. The Morgan fingerprint density at radius 3 is 2.83 bits per heavy atom. The molecule has 0 atom stereocenters. The summed E-state index contributed by atoms with van der Waals surface area (Å²) in [7, 11) is 0. The van der Waals surface area contributed by atoms with Gasteiger partial charge in [0, 0.05) is 6.54 Å². The molecule has 0 spiro atoms. The van der Waals surface area contributed by atoms with Crippen LogP contribution in [0.3, 0.4) is 0 Å². The summed E-state index contributed by atoms with van der Waals surface area (Å²) < 4.78 is 0. The quantitative estimate of drug-likeness (QED) is 0.325. The van der Waals surface area contributed by atoms with Crippen molar-refractivity contribution >= 4 is 6.21 Å². The molecule has 0 saturated heterocycles. The van der Waals surface area contributed by atoms with Gasteiger partial charge in [-0.1, -0.05) is 5.92 Å². The van der Waals surface area contributed by atoms with Gasteiger partial charge < -0.3 is 0 Å². The number of nitrogens with zero attached hydrogens (tertiary/aromatic N) is 1. The smallest absolute Gasteiger partial charge is 0.0708 e. The maximum atomic E-state index is 4.82. The number of terminal acetylenes is 1. The number of aliphatic imine (C=N–C) groups is 1. The van der Waals surface area contributed by atoms with Gasteiger partial charge in [-0.05, 0) is 6.92 Å². The highest BCUT2D eigenvalue weighted by Crippen LogP contribution is 1.57. The minimum absolute atomic E-state index is 0.782. The Kier molecular flexibility index (Phi) is 3.69. The van der Waals surface area contributed by atoms with E-state index in [0.29, 0.717) is 0 Å². The van der Waals surface area contributed by atoms with Gasteiger partial charge in [-0.3, -0.25) is 4.99 Å². The van der Waals surface area contributed by atoms with Crippen LogP contribution in [0.25, 0.3) is 0 Å². The molecular weight excluding hydrogens is 74.1 g/mol. The summed E-state index contributed by atoms with van der Waals surface area (Å²) >= 11 is 0. The molecule has 0 aliphatic heterocycles. The van der Waals surface area contributed by atoms with Gasteiger partial charge in [0.2, 0.25) is 0 Å². The average Bonchev–Trinajstić information content (AvgIpc) is 1.61. The van der Waals surface area contributed by atoms with Crippen LogP contribution in [0, 0.1) is 12.3 Å². The Morgan fingerprint density at radius 1 is 2.00 bits per heavy atom. The van der Waals surface area contributed by atoms with Gasteiger partial charge in [-0.15, -0.1) is 6.42 Å². The molecule has 0 aromatic rings. The van der Waals surface area contributed by atoms with Gasteiger partial charge in [0.25, 0.3) is 0 Å². The molecule has 0 rings (SSSR count). The fraction of sp³-hybridized carbons (Fsp3) is 0.400. The van der Waals surface area contributed by atoms with Gasteiger partial charge in [-0.2, -0.15) is 0 Å². The first-order valence-corrected chi connectivity index (χ1v) is 1.86. The van der Waals surface area contributed by atoms with Crippen LogP contribution in [-0.4, -0.2) is 12.8 Å². The van der Waals surface area contributed by atoms with E-state index in [-0.39, 0.29) is 0 Å². The van der Waals surface area contributed by atoms with Gasteiger partial charge >= 0.3 is 0 Å². The average molecular weight is 81.1 g/mol. The Morgan fingerprint density at radius 2 is 2.67 bits per heavy atom. The monoisotopic (exact) mass is 81.1 g/mol. The van der Waals surface area contributed by atoms with Crippen molar-refractivity contribution < 1.29 is 0 Å². The summed E-state index contributed by atoms with van der Waals surface area (Å²) in [5, 5.41) is 0. The molecule has 0 amide bonds. The van der Waals surface area contributed by atoms with E-state index in [1.807, 2.05) is 6.92 Å². The lowest BCUT2D eigenvalue weighted by Crippen LogP contribution is -1.65. The first-order chi connectivity index (χ1) is 2.91. The summed E-state index contributed by atoms with van der Waals surface area (Å²) in [6.07, 6.45) is 6.27. The third-order valence-corrected chi connectivity index (χ3v) is 0.348. The fourth-order valence-electron chi connectivity index (χ4n) is 0.144. The summed E-state index contributed by atoms with van der Waals surface area (Å²) in [6.45, 7) is 2.72. The molecule has 0 aromatic carbocycles. The molecule has 0 radical (unpaired) electrons. The van der Waals surface area contributed by atoms with Gasteiger partial charge in [-0.25, -0.2) is 0 Å². The van der Waals surface area contributed by atoms with E-state index in [2.05, 4.69) is 10.9 Å². The molecule has 1 nitrogen and oxygen atoms in total. The normalized spacial score (nSPS) is 8.67. The predicted octanol–water partition coefficient (Wildman–Crippen LogP) is 0.710. The second-order valence-electron chi connectivity index (χ2n) is 0.795. The SMILES string of the molecule is C#CC=NCC. The first kappa shape index (κ1) is 5.23. The molecule has 1 heteroatoms. The van der Waals surface area contributed by atoms with Gasteiger partial charge in [0.05, 0.1) is 6.21 Å². The van der Waals surface area contributed by atoms with Crippen LogP contribution < -0.4 is 0 Å². The lowest BCUT2D eigenvalue weighted by Gasteiger charge is -1.68. The summed E-state index contributed by atoms with van der Waals surface area (Å²) in [5.74, 6) is 2.28. The summed E-state index contributed by atoms with van der Waals surface area (Å²) in [6, 6.07) is 0. The molecule has 0 N–H and O–H groups in total. The molecule has 32 valence electrons. The van der Waals surface area contributed by atoms with Crippen LogP contribution in [-0.2, 0) is 0 Å². The van der Waals surface area contributed by atoms with E-state index in [0.717, 1.165) is 6.54 Å². The van der Waals surface area contributed by atoms with Gasteiger partial charge in [0.1, 0.15) is 0 Å². The van der Waals surface area contributed by atoms with Crippen LogP contribution >= 0.6 is 0 Å². The van der Waals surface area contributed by atoms with Crippen LogP contribution in [0.1, 0.15) is 6.92 Å². The van der Waals surface area contributed by atoms with Crippen molar-refractivity contribution in [2.45, 2.75) is 6.92 Å². The second-order valence-corrected chi connectivity index (χ2v) is 0.795. The maximum Gasteiger partial charge on any atom is 0.0708 e. The van der Waals surface area contributed by atoms with Crippen LogP contribution in [0.2, 0.25) is 0 Å². The molecule has 0 unspecified atom stereocenters. The Labute approximate surface area is 38.1 Å². The predicted molar refractivity (Wildman–Crippen MR) is 27.9 cm³/mol.